The molecule has 94 valence electrons. The van der Waals surface area contributed by atoms with E-state index in [0.29, 0.717) is 0 Å². The van der Waals surface area contributed by atoms with E-state index in [-0.39, 0.29) is 11.8 Å². The molecule has 1 aliphatic rings. The SMILES string of the molecule is CN(C(=O)C1CNC1)c1cn(C)c2ccccc12. The molecule has 3 rings (SSSR count). The van der Waals surface area contributed by atoms with Crippen LogP contribution in [0.5, 0.6) is 0 Å². The maximum Gasteiger partial charge on any atom is 0.232 e. The highest BCUT2D eigenvalue weighted by Gasteiger charge is 2.29. The van der Waals surface area contributed by atoms with Gasteiger partial charge in [0, 0.05) is 44.3 Å². The first-order valence-corrected chi connectivity index (χ1v) is 6.21. The molecule has 1 amide bonds. The first-order valence-electron chi connectivity index (χ1n) is 6.21. The predicted molar refractivity (Wildman–Crippen MR) is 72.7 cm³/mol. The van der Waals surface area contributed by atoms with Gasteiger partial charge in [-0.15, -0.1) is 0 Å². The molecule has 4 nitrogen and oxygen atoms in total. The Labute approximate surface area is 106 Å². The largest absolute Gasteiger partial charge is 0.348 e. The Hall–Kier alpha value is -1.81. The fourth-order valence-corrected chi connectivity index (χ4v) is 2.44. The van der Waals surface area contributed by atoms with Gasteiger partial charge >= 0.3 is 0 Å². The minimum absolute atomic E-state index is 0.133. The standard InChI is InChI=1S/C14H17N3O/c1-16-9-13(11-5-3-4-6-12(11)16)17(2)14(18)10-7-15-8-10/h3-6,9-10,15H,7-8H2,1-2H3. The molecule has 1 aliphatic heterocycles. The fourth-order valence-electron chi connectivity index (χ4n) is 2.44. The van der Waals surface area contributed by atoms with E-state index in [1.54, 1.807) is 4.90 Å². The maximum absolute atomic E-state index is 12.3. The quantitative estimate of drug-likeness (QED) is 0.864. The van der Waals surface area contributed by atoms with Crippen molar-refractivity contribution in [1.82, 2.24) is 9.88 Å². The summed E-state index contributed by atoms with van der Waals surface area (Å²) in [4.78, 5) is 14.0. The van der Waals surface area contributed by atoms with E-state index < -0.39 is 0 Å². The minimum Gasteiger partial charge on any atom is -0.348 e. The summed E-state index contributed by atoms with van der Waals surface area (Å²) in [5, 5.41) is 4.27. The fraction of sp³-hybridized carbons (Fsp3) is 0.357. The number of hydrogen-bond acceptors (Lipinski definition) is 2. The number of rotatable bonds is 2. The van der Waals surface area contributed by atoms with Gasteiger partial charge in [0.15, 0.2) is 0 Å². The van der Waals surface area contributed by atoms with Gasteiger partial charge in [-0.1, -0.05) is 18.2 Å². The van der Waals surface area contributed by atoms with Gasteiger partial charge in [-0.3, -0.25) is 4.79 Å². The molecule has 1 N–H and O–H groups in total. The van der Waals surface area contributed by atoms with Crippen LogP contribution in [0.4, 0.5) is 5.69 Å². The third kappa shape index (κ3) is 1.61. The molecule has 0 radical (unpaired) electrons. The Bertz CT molecular complexity index is 598. The highest BCUT2D eigenvalue weighted by atomic mass is 16.2. The molecule has 0 atom stereocenters. The number of amides is 1. The Morgan fingerprint density at radius 2 is 2.11 bits per heavy atom. The van der Waals surface area contributed by atoms with Crippen molar-refractivity contribution in [2.24, 2.45) is 13.0 Å². The van der Waals surface area contributed by atoms with Crippen LogP contribution in [0.1, 0.15) is 0 Å². The summed E-state index contributed by atoms with van der Waals surface area (Å²) in [7, 11) is 3.87. The Morgan fingerprint density at radius 1 is 1.39 bits per heavy atom. The first-order chi connectivity index (χ1) is 8.68. The summed E-state index contributed by atoms with van der Waals surface area (Å²) in [6.45, 7) is 1.60. The van der Waals surface area contributed by atoms with E-state index in [0.717, 1.165) is 29.7 Å². The smallest absolute Gasteiger partial charge is 0.232 e. The van der Waals surface area contributed by atoms with E-state index in [1.807, 2.05) is 32.4 Å². The number of benzene rings is 1. The lowest BCUT2D eigenvalue weighted by Crippen LogP contribution is -2.51. The zero-order valence-corrected chi connectivity index (χ0v) is 10.7. The van der Waals surface area contributed by atoms with E-state index in [9.17, 15) is 4.79 Å². The van der Waals surface area contributed by atoms with Gasteiger partial charge in [0.05, 0.1) is 11.6 Å². The molecule has 4 heteroatoms. The summed E-state index contributed by atoms with van der Waals surface area (Å²) in [6, 6.07) is 8.16. The summed E-state index contributed by atoms with van der Waals surface area (Å²) in [5.74, 6) is 0.332. The van der Waals surface area contributed by atoms with Crippen LogP contribution in [0.2, 0.25) is 0 Å². The summed E-state index contributed by atoms with van der Waals surface area (Å²) in [5.41, 5.74) is 2.14. The number of para-hydroxylation sites is 1. The van der Waals surface area contributed by atoms with Crippen LogP contribution in [0.15, 0.2) is 30.5 Å². The number of aryl methyl sites for hydroxylation is 1. The van der Waals surface area contributed by atoms with Gasteiger partial charge in [0.1, 0.15) is 0 Å². The molecule has 1 saturated heterocycles. The Kier molecular flexibility index (Phi) is 2.59. The van der Waals surface area contributed by atoms with Crippen molar-refractivity contribution in [3.8, 4) is 0 Å². The molecule has 0 saturated carbocycles. The predicted octanol–water partition coefficient (Wildman–Crippen LogP) is 1.36. The number of nitrogens with one attached hydrogen (secondary N) is 1. The second-order valence-electron chi connectivity index (χ2n) is 4.89. The Balaban J connectivity index is 2.00. The molecule has 2 aromatic rings. The third-order valence-corrected chi connectivity index (χ3v) is 3.70. The van der Waals surface area contributed by atoms with Gasteiger partial charge in [0.25, 0.3) is 0 Å². The van der Waals surface area contributed by atoms with Gasteiger partial charge in [0.2, 0.25) is 5.91 Å². The van der Waals surface area contributed by atoms with E-state index in [2.05, 4.69) is 22.0 Å². The average molecular weight is 243 g/mol. The molecular weight excluding hydrogens is 226 g/mol. The number of aromatic nitrogens is 1. The molecular formula is C14H17N3O. The van der Waals surface area contributed by atoms with Gasteiger partial charge in [-0.05, 0) is 6.07 Å². The molecule has 1 fully saturated rings. The molecule has 0 spiro atoms. The van der Waals surface area contributed by atoms with Crippen molar-refractivity contribution < 1.29 is 4.79 Å². The summed E-state index contributed by atoms with van der Waals surface area (Å²) < 4.78 is 2.06. The molecule has 0 bridgehead atoms. The molecule has 1 aromatic heterocycles. The number of fused-ring (bicyclic) bond motifs is 1. The summed E-state index contributed by atoms with van der Waals surface area (Å²) in [6.07, 6.45) is 2.02. The molecule has 18 heavy (non-hydrogen) atoms. The number of hydrogen-bond donors (Lipinski definition) is 1. The van der Waals surface area contributed by atoms with Crippen molar-refractivity contribution in [2.75, 3.05) is 25.0 Å². The number of anilines is 1. The lowest BCUT2D eigenvalue weighted by Gasteiger charge is -2.30. The van der Waals surface area contributed by atoms with Gasteiger partial charge < -0.3 is 14.8 Å². The van der Waals surface area contributed by atoms with Crippen molar-refractivity contribution in [3.05, 3.63) is 30.5 Å². The van der Waals surface area contributed by atoms with Crippen molar-refractivity contribution in [1.29, 1.82) is 0 Å². The average Bonchev–Trinajstić information content (AvgIpc) is 2.64. The summed E-state index contributed by atoms with van der Waals surface area (Å²) >= 11 is 0. The first kappa shape index (κ1) is 11.3. The molecule has 0 unspecified atom stereocenters. The normalized spacial score (nSPS) is 15.7. The van der Waals surface area contributed by atoms with Crippen LogP contribution in [0.25, 0.3) is 10.9 Å². The maximum atomic E-state index is 12.3. The van der Waals surface area contributed by atoms with Crippen LogP contribution >= 0.6 is 0 Å². The van der Waals surface area contributed by atoms with E-state index in [1.165, 1.54) is 0 Å². The molecule has 2 heterocycles. The van der Waals surface area contributed by atoms with Crippen LogP contribution in [-0.4, -0.2) is 30.6 Å². The van der Waals surface area contributed by atoms with E-state index in [4.69, 9.17) is 0 Å². The zero-order valence-electron chi connectivity index (χ0n) is 10.7. The molecule has 1 aromatic carbocycles. The topological polar surface area (TPSA) is 37.3 Å². The van der Waals surface area contributed by atoms with Crippen LogP contribution in [0, 0.1) is 5.92 Å². The second kappa shape index (κ2) is 4.14. The van der Waals surface area contributed by atoms with Crippen LogP contribution in [-0.2, 0) is 11.8 Å². The number of nitrogens with zero attached hydrogens (tertiary/aromatic N) is 2. The minimum atomic E-state index is 0.133. The monoisotopic (exact) mass is 243 g/mol. The Morgan fingerprint density at radius 3 is 2.78 bits per heavy atom. The van der Waals surface area contributed by atoms with Gasteiger partial charge in [-0.25, -0.2) is 0 Å². The van der Waals surface area contributed by atoms with Crippen LogP contribution < -0.4 is 10.2 Å². The van der Waals surface area contributed by atoms with Crippen LogP contribution in [0.3, 0.4) is 0 Å². The lowest BCUT2D eigenvalue weighted by molar-refractivity contribution is -0.123. The zero-order chi connectivity index (χ0) is 12.7. The highest BCUT2D eigenvalue weighted by molar-refractivity contribution is 6.04. The molecule has 0 aliphatic carbocycles. The van der Waals surface area contributed by atoms with Crippen molar-refractivity contribution in [2.45, 2.75) is 0 Å². The second-order valence-corrected chi connectivity index (χ2v) is 4.89. The van der Waals surface area contributed by atoms with Crippen molar-refractivity contribution >= 4 is 22.5 Å². The third-order valence-electron chi connectivity index (χ3n) is 3.70. The van der Waals surface area contributed by atoms with Gasteiger partial charge in [-0.2, -0.15) is 0 Å². The van der Waals surface area contributed by atoms with Crippen molar-refractivity contribution in [3.63, 3.8) is 0 Å². The number of carbonyl (C=O) groups is 1. The highest BCUT2D eigenvalue weighted by Crippen LogP contribution is 2.28. The van der Waals surface area contributed by atoms with E-state index >= 15 is 0 Å². The number of carbonyl (C=O) groups excluding carboxylic acids is 1. The lowest BCUT2D eigenvalue weighted by atomic mass is 10.0.